The fourth-order valence-electron chi connectivity index (χ4n) is 2.39. The van der Waals surface area contributed by atoms with Crippen LogP contribution in [0, 0.1) is 6.92 Å². The first kappa shape index (κ1) is 13.1. The van der Waals surface area contributed by atoms with Crippen LogP contribution in [0.25, 0.3) is 0 Å². The minimum absolute atomic E-state index is 0.208. The fourth-order valence-corrected chi connectivity index (χ4v) is 2.39. The van der Waals surface area contributed by atoms with Crippen molar-refractivity contribution in [1.82, 2.24) is 5.32 Å². The number of rotatable bonds is 6. The summed E-state index contributed by atoms with van der Waals surface area (Å²) >= 11 is 0. The number of carbonyl (C=O) groups is 1. The minimum atomic E-state index is -0.208. The van der Waals surface area contributed by atoms with Gasteiger partial charge in [-0.05, 0) is 31.7 Å². The summed E-state index contributed by atoms with van der Waals surface area (Å²) in [6, 6.07) is 8.40. The lowest BCUT2D eigenvalue weighted by Crippen LogP contribution is -2.35. The van der Waals surface area contributed by atoms with Crippen molar-refractivity contribution < 1.29 is 4.79 Å². The molecule has 1 fully saturated rings. The fraction of sp³-hybridized carbons (Fsp3) is 0.562. The zero-order valence-electron chi connectivity index (χ0n) is 11.5. The summed E-state index contributed by atoms with van der Waals surface area (Å²) in [6.07, 6.45) is 5.47. The topological polar surface area (TPSA) is 29.1 Å². The molecule has 1 amide bonds. The van der Waals surface area contributed by atoms with Crippen LogP contribution >= 0.6 is 0 Å². The SMILES string of the molecule is CCCCCNC(=O)C1(c2ccc(C)cc2)CC1. The summed E-state index contributed by atoms with van der Waals surface area (Å²) < 4.78 is 0. The summed E-state index contributed by atoms with van der Waals surface area (Å²) in [5.74, 6) is 0.224. The molecule has 2 heteroatoms. The van der Waals surface area contributed by atoms with Crippen LogP contribution in [0.1, 0.15) is 50.2 Å². The van der Waals surface area contributed by atoms with E-state index in [1.807, 2.05) is 0 Å². The smallest absolute Gasteiger partial charge is 0.230 e. The normalized spacial score (nSPS) is 16.3. The van der Waals surface area contributed by atoms with Gasteiger partial charge in [-0.25, -0.2) is 0 Å². The summed E-state index contributed by atoms with van der Waals surface area (Å²) in [5.41, 5.74) is 2.22. The molecule has 0 aromatic heterocycles. The summed E-state index contributed by atoms with van der Waals surface area (Å²) in [4.78, 5) is 12.3. The van der Waals surface area contributed by atoms with Gasteiger partial charge < -0.3 is 5.32 Å². The molecule has 1 aromatic carbocycles. The number of nitrogens with one attached hydrogen (secondary N) is 1. The first-order valence-corrected chi connectivity index (χ1v) is 7.04. The summed E-state index contributed by atoms with van der Waals surface area (Å²) in [6.45, 7) is 5.07. The van der Waals surface area contributed by atoms with Crippen molar-refractivity contribution in [3.05, 3.63) is 35.4 Å². The molecule has 1 N–H and O–H groups in total. The van der Waals surface area contributed by atoms with Crippen LogP contribution in [0.5, 0.6) is 0 Å². The second kappa shape index (κ2) is 5.55. The van der Waals surface area contributed by atoms with Crippen LogP contribution in [-0.4, -0.2) is 12.5 Å². The Bertz CT molecular complexity index is 404. The van der Waals surface area contributed by atoms with Crippen molar-refractivity contribution in [3.8, 4) is 0 Å². The highest BCUT2D eigenvalue weighted by Gasteiger charge is 2.50. The molecule has 0 radical (unpaired) electrons. The van der Waals surface area contributed by atoms with Crippen molar-refractivity contribution >= 4 is 5.91 Å². The third kappa shape index (κ3) is 2.74. The quantitative estimate of drug-likeness (QED) is 0.765. The van der Waals surface area contributed by atoms with Crippen LogP contribution in [-0.2, 0) is 10.2 Å². The molecule has 0 aliphatic heterocycles. The van der Waals surface area contributed by atoms with Gasteiger partial charge in [-0.2, -0.15) is 0 Å². The molecule has 0 spiro atoms. The lowest BCUT2D eigenvalue weighted by atomic mass is 9.94. The maximum Gasteiger partial charge on any atom is 0.230 e. The molecular formula is C16H23NO. The second-order valence-corrected chi connectivity index (χ2v) is 5.41. The molecule has 0 saturated heterocycles. The molecule has 18 heavy (non-hydrogen) atoms. The number of hydrogen-bond donors (Lipinski definition) is 1. The molecule has 1 aliphatic carbocycles. The Labute approximate surface area is 110 Å². The third-order valence-electron chi connectivity index (χ3n) is 3.85. The van der Waals surface area contributed by atoms with Crippen molar-refractivity contribution in [3.63, 3.8) is 0 Å². The Hall–Kier alpha value is -1.31. The van der Waals surface area contributed by atoms with E-state index in [1.54, 1.807) is 0 Å². The zero-order valence-corrected chi connectivity index (χ0v) is 11.5. The number of hydrogen-bond acceptors (Lipinski definition) is 1. The monoisotopic (exact) mass is 245 g/mol. The van der Waals surface area contributed by atoms with E-state index in [-0.39, 0.29) is 11.3 Å². The van der Waals surface area contributed by atoms with Gasteiger partial charge in [-0.1, -0.05) is 49.6 Å². The van der Waals surface area contributed by atoms with Gasteiger partial charge in [0.25, 0.3) is 0 Å². The highest BCUT2D eigenvalue weighted by molar-refractivity contribution is 5.91. The van der Waals surface area contributed by atoms with Gasteiger partial charge in [0.1, 0.15) is 0 Å². The Morgan fingerprint density at radius 3 is 2.44 bits per heavy atom. The summed E-state index contributed by atoms with van der Waals surface area (Å²) in [7, 11) is 0. The molecule has 0 atom stereocenters. The lowest BCUT2D eigenvalue weighted by molar-refractivity contribution is -0.123. The van der Waals surface area contributed by atoms with E-state index in [9.17, 15) is 4.79 Å². The van der Waals surface area contributed by atoms with E-state index < -0.39 is 0 Å². The molecule has 0 bridgehead atoms. The average Bonchev–Trinajstić information content (AvgIpc) is 3.17. The van der Waals surface area contributed by atoms with E-state index in [0.29, 0.717) is 0 Å². The largest absolute Gasteiger partial charge is 0.355 e. The van der Waals surface area contributed by atoms with E-state index in [4.69, 9.17) is 0 Å². The highest BCUT2D eigenvalue weighted by atomic mass is 16.2. The number of carbonyl (C=O) groups excluding carboxylic acids is 1. The summed E-state index contributed by atoms with van der Waals surface area (Å²) in [5, 5.41) is 3.09. The Kier molecular flexibility index (Phi) is 4.05. The molecule has 1 aliphatic rings. The van der Waals surface area contributed by atoms with Gasteiger partial charge >= 0.3 is 0 Å². The van der Waals surface area contributed by atoms with Gasteiger partial charge in [0.15, 0.2) is 0 Å². The molecule has 0 unspecified atom stereocenters. The van der Waals surface area contributed by atoms with E-state index in [0.717, 1.165) is 25.8 Å². The van der Waals surface area contributed by atoms with Gasteiger partial charge in [0, 0.05) is 6.54 Å². The molecular weight excluding hydrogens is 222 g/mol. The number of unbranched alkanes of at least 4 members (excludes halogenated alkanes) is 2. The second-order valence-electron chi connectivity index (χ2n) is 5.41. The number of amides is 1. The van der Waals surface area contributed by atoms with Gasteiger partial charge in [-0.3, -0.25) is 4.79 Å². The van der Waals surface area contributed by atoms with Crippen LogP contribution in [0.3, 0.4) is 0 Å². The lowest BCUT2D eigenvalue weighted by Gasteiger charge is -2.16. The van der Waals surface area contributed by atoms with Crippen LogP contribution in [0.4, 0.5) is 0 Å². The Balaban J connectivity index is 1.94. The number of benzene rings is 1. The van der Waals surface area contributed by atoms with Crippen molar-refractivity contribution in [2.24, 2.45) is 0 Å². The predicted octanol–water partition coefficient (Wildman–Crippen LogP) is 3.33. The first-order chi connectivity index (χ1) is 8.69. The maximum absolute atomic E-state index is 12.3. The average molecular weight is 245 g/mol. The predicted molar refractivity (Wildman–Crippen MR) is 74.6 cm³/mol. The van der Waals surface area contributed by atoms with Gasteiger partial charge in [-0.15, -0.1) is 0 Å². The third-order valence-corrected chi connectivity index (χ3v) is 3.85. The standard InChI is InChI=1S/C16H23NO/c1-3-4-5-12-17-15(18)16(10-11-16)14-8-6-13(2)7-9-14/h6-9H,3-5,10-12H2,1-2H3,(H,17,18). The molecule has 0 heterocycles. The van der Waals surface area contributed by atoms with Crippen molar-refractivity contribution in [2.75, 3.05) is 6.54 Å². The minimum Gasteiger partial charge on any atom is -0.355 e. The molecule has 1 aromatic rings. The molecule has 2 rings (SSSR count). The molecule has 2 nitrogen and oxygen atoms in total. The van der Waals surface area contributed by atoms with E-state index in [1.165, 1.54) is 24.0 Å². The molecule has 98 valence electrons. The first-order valence-electron chi connectivity index (χ1n) is 7.04. The molecule has 1 saturated carbocycles. The Morgan fingerprint density at radius 1 is 1.22 bits per heavy atom. The van der Waals surface area contributed by atoms with E-state index in [2.05, 4.69) is 43.4 Å². The highest BCUT2D eigenvalue weighted by Crippen LogP contribution is 2.48. The van der Waals surface area contributed by atoms with Crippen LogP contribution < -0.4 is 5.32 Å². The van der Waals surface area contributed by atoms with Gasteiger partial charge in [0.2, 0.25) is 5.91 Å². The Morgan fingerprint density at radius 2 is 1.89 bits per heavy atom. The number of aryl methyl sites for hydroxylation is 1. The van der Waals surface area contributed by atoms with Gasteiger partial charge in [0.05, 0.1) is 5.41 Å². The van der Waals surface area contributed by atoms with Crippen LogP contribution in [0.2, 0.25) is 0 Å². The van der Waals surface area contributed by atoms with Crippen molar-refractivity contribution in [2.45, 2.75) is 51.4 Å². The van der Waals surface area contributed by atoms with E-state index >= 15 is 0 Å². The van der Waals surface area contributed by atoms with Crippen LogP contribution in [0.15, 0.2) is 24.3 Å². The maximum atomic E-state index is 12.3. The zero-order chi connectivity index (χ0) is 13.0. The van der Waals surface area contributed by atoms with Crippen molar-refractivity contribution in [1.29, 1.82) is 0 Å².